The van der Waals surface area contributed by atoms with Gasteiger partial charge in [0.25, 0.3) is 0 Å². The molecule has 0 fully saturated rings. The number of nitrogens with two attached hydrogens (primary N) is 1. The molecule has 0 heterocycles. The average molecular weight is 238 g/mol. The highest BCUT2D eigenvalue weighted by Gasteiger charge is 2.07. The third-order valence-corrected chi connectivity index (χ3v) is 2.60. The van der Waals surface area contributed by atoms with E-state index in [-0.39, 0.29) is 11.6 Å². The Hall–Kier alpha value is -2.55. The van der Waals surface area contributed by atoms with Crippen molar-refractivity contribution in [1.82, 2.24) is 0 Å². The number of benzene rings is 2. The lowest BCUT2D eigenvalue weighted by molar-refractivity contribution is 0.474. The highest BCUT2D eigenvalue weighted by atomic mass is 16.3. The van der Waals surface area contributed by atoms with Crippen LogP contribution in [0.5, 0.6) is 5.75 Å². The first-order chi connectivity index (χ1) is 8.68. The van der Waals surface area contributed by atoms with Gasteiger partial charge in [-0.3, -0.25) is 5.41 Å². The fourth-order valence-corrected chi connectivity index (χ4v) is 1.74. The SMILES string of the molecule is N=C(N)c1c(O)cccc1C=Cc1ccccc1. The fraction of sp³-hybridized carbons (Fsp3) is 0. The molecule has 0 unspecified atom stereocenters. The molecule has 0 saturated heterocycles. The Morgan fingerprint density at radius 3 is 2.39 bits per heavy atom. The molecule has 2 aromatic rings. The maximum Gasteiger partial charge on any atom is 0.127 e. The van der Waals surface area contributed by atoms with Crippen LogP contribution >= 0.6 is 0 Å². The summed E-state index contributed by atoms with van der Waals surface area (Å²) in [6.07, 6.45) is 3.76. The van der Waals surface area contributed by atoms with Crippen molar-refractivity contribution >= 4 is 18.0 Å². The molecular formula is C15H14N2O. The van der Waals surface area contributed by atoms with Crippen molar-refractivity contribution in [2.24, 2.45) is 5.73 Å². The number of phenolic OH excluding ortho intramolecular Hbond substituents is 1. The van der Waals surface area contributed by atoms with E-state index < -0.39 is 0 Å². The summed E-state index contributed by atoms with van der Waals surface area (Å²) in [6.45, 7) is 0. The number of phenols is 1. The Bertz CT molecular complexity index is 589. The molecular weight excluding hydrogens is 224 g/mol. The second kappa shape index (κ2) is 5.19. The van der Waals surface area contributed by atoms with Gasteiger partial charge in [0.05, 0.1) is 5.56 Å². The van der Waals surface area contributed by atoms with Crippen LogP contribution in [0.2, 0.25) is 0 Å². The molecule has 0 saturated carbocycles. The molecule has 0 radical (unpaired) electrons. The summed E-state index contributed by atoms with van der Waals surface area (Å²) < 4.78 is 0. The van der Waals surface area contributed by atoms with Gasteiger partial charge in [-0.1, -0.05) is 54.6 Å². The molecule has 3 heteroatoms. The molecule has 0 bridgehead atoms. The van der Waals surface area contributed by atoms with E-state index in [1.807, 2.05) is 48.6 Å². The second-order valence-corrected chi connectivity index (χ2v) is 3.90. The van der Waals surface area contributed by atoms with E-state index in [4.69, 9.17) is 11.1 Å². The van der Waals surface area contributed by atoms with Gasteiger partial charge in [-0.2, -0.15) is 0 Å². The minimum Gasteiger partial charge on any atom is -0.507 e. The van der Waals surface area contributed by atoms with Crippen molar-refractivity contribution in [3.05, 3.63) is 65.2 Å². The topological polar surface area (TPSA) is 70.1 Å². The molecule has 3 nitrogen and oxygen atoms in total. The van der Waals surface area contributed by atoms with E-state index in [0.29, 0.717) is 5.56 Å². The Morgan fingerprint density at radius 2 is 1.72 bits per heavy atom. The second-order valence-electron chi connectivity index (χ2n) is 3.90. The third-order valence-electron chi connectivity index (χ3n) is 2.60. The van der Waals surface area contributed by atoms with Gasteiger partial charge in [0.2, 0.25) is 0 Å². The van der Waals surface area contributed by atoms with E-state index in [1.165, 1.54) is 6.07 Å². The quantitative estimate of drug-likeness (QED) is 0.437. The minimum absolute atomic E-state index is 0.0257. The van der Waals surface area contributed by atoms with Gasteiger partial charge in [0.1, 0.15) is 11.6 Å². The van der Waals surface area contributed by atoms with Crippen LogP contribution < -0.4 is 5.73 Å². The number of nitrogens with one attached hydrogen (secondary N) is 1. The van der Waals surface area contributed by atoms with Crippen molar-refractivity contribution in [1.29, 1.82) is 5.41 Å². The maximum absolute atomic E-state index is 9.70. The number of rotatable bonds is 3. The first-order valence-corrected chi connectivity index (χ1v) is 5.58. The van der Waals surface area contributed by atoms with Crippen LogP contribution in [-0.2, 0) is 0 Å². The zero-order valence-corrected chi connectivity index (χ0v) is 9.80. The summed E-state index contributed by atoms with van der Waals surface area (Å²) in [6, 6.07) is 14.9. The van der Waals surface area contributed by atoms with Crippen LogP contribution in [0.15, 0.2) is 48.5 Å². The number of aromatic hydroxyl groups is 1. The Labute approximate surface area is 106 Å². The molecule has 2 rings (SSSR count). The zero-order chi connectivity index (χ0) is 13.0. The molecule has 0 aliphatic rings. The van der Waals surface area contributed by atoms with E-state index >= 15 is 0 Å². The van der Waals surface area contributed by atoms with Crippen molar-refractivity contribution in [3.63, 3.8) is 0 Å². The van der Waals surface area contributed by atoms with Crippen LogP contribution in [0.25, 0.3) is 12.2 Å². The van der Waals surface area contributed by atoms with Crippen LogP contribution in [0.4, 0.5) is 0 Å². The molecule has 0 amide bonds. The minimum atomic E-state index is -0.138. The molecule has 0 aliphatic heterocycles. The average Bonchev–Trinajstić information content (AvgIpc) is 2.37. The summed E-state index contributed by atoms with van der Waals surface area (Å²) >= 11 is 0. The predicted octanol–water partition coefficient (Wildman–Crippen LogP) is 2.85. The highest BCUT2D eigenvalue weighted by Crippen LogP contribution is 2.22. The van der Waals surface area contributed by atoms with Gasteiger partial charge in [-0.05, 0) is 17.2 Å². The number of nitrogen functional groups attached to an aromatic ring is 1. The monoisotopic (exact) mass is 238 g/mol. The zero-order valence-electron chi connectivity index (χ0n) is 9.80. The Balaban J connectivity index is 2.38. The summed E-state index contributed by atoms with van der Waals surface area (Å²) in [7, 11) is 0. The molecule has 0 aromatic heterocycles. The fourth-order valence-electron chi connectivity index (χ4n) is 1.74. The van der Waals surface area contributed by atoms with Gasteiger partial charge in [0.15, 0.2) is 0 Å². The van der Waals surface area contributed by atoms with E-state index in [0.717, 1.165) is 11.1 Å². The van der Waals surface area contributed by atoms with Gasteiger partial charge < -0.3 is 10.8 Å². The molecule has 2 aromatic carbocycles. The van der Waals surface area contributed by atoms with Crippen molar-refractivity contribution in [2.45, 2.75) is 0 Å². The number of hydrogen-bond donors (Lipinski definition) is 3. The van der Waals surface area contributed by atoms with Crippen molar-refractivity contribution in [3.8, 4) is 5.75 Å². The molecule has 18 heavy (non-hydrogen) atoms. The molecule has 0 aliphatic carbocycles. The van der Waals surface area contributed by atoms with E-state index in [9.17, 15) is 5.11 Å². The first kappa shape index (κ1) is 11.9. The molecule has 90 valence electrons. The third kappa shape index (κ3) is 2.58. The van der Waals surface area contributed by atoms with Gasteiger partial charge in [-0.25, -0.2) is 0 Å². The van der Waals surface area contributed by atoms with Gasteiger partial charge >= 0.3 is 0 Å². The molecule has 4 N–H and O–H groups in total. The standard InChI is InChI=1S/C15H14N2O/c16-15(17)14-12(7-4-8-13(14)18)10-9-11-5-2-1-3-6-11/h1-10,18H,(H3,16,17). The smallest absolute Gasteiger partial charge is 0.127 e. The molecule has 0 spiro atoms. The lowest BCUT2D eigenvalue weighted by atomic mass is 10.0. The van der Waals surface area contributed by atoms with Crippen molar-refractivity contribution < 1.29 is 5.11 Å². The Morgan fingerprint density at radius 1 is 1.00 bits per heavy atom. The summed E-state index contributed by atoms with van der Waals surface area (Å²) in [5.41, 5.74) is 7.62. The summed E-state index contributed by atoms with van der Waals surface area (Å²) in [4.78, 5) is 0. The Kier molecular flexibility index (Phi) is 3.44. The number of hydrogen-bond acceptors (Lipinski definition) is 2. The van der Waals surface area contributed by atoms with Crippen LogP contribution in [-0.4, -0.2) is 10.9 Å². The van der Waals surface area contributed by atoms with E-state index in [2.05, 4.69) is 0 Å². The lowest BCUT2D eigenvalue weighted by Crippen LogP contribution is -2.12. The normalized spacial score (nSPS) is 10.7. The van der Waals surface area contributed by atoms with Crippen molar-refractivity contribution in [2.75, 3.05) is 0 Å². The summed E-state index contributed by atoms with van der Waals surface area (Å²) in [5, 5.41) is 17.2. The van der Waals surface area contributed by atoms with Crippen LogP contribution in [0, 0.1) is 5.41 Å². The largest absolute Gasteiger partial charge is 0.507 e. The van der Waals surface area contributed by atoms with E-state index in [1.54, 1.807) is 6.07 Å². The maximum atomic E-state index is 9.70. The van der Waals surface area contributed by atoms with Crippen LogP contribution in [0.3, 0.4) is 0 Å². The number of amidine groups is 1. The predicted molar refractivity (Wildman–Crippen MR) is 74.5 cm³/mol. The summed E-state index contributed by atoms with van der Waals surface area (Å²) in [5.74, 6) is -0.112. The van der Waals surface area contributed by atoms with Gasteiger partial charge in [-0.15, -0.1) is 0 Å². The van der Waals surface area contributed by atoms with Gasteiger partial charge in [0, 0.05) is 0 Å². The first-order valence-electron chi connectivity index (χ1n) is 5.58. The van der Waals surface area contributed by atoms with Crippen LogP contribution in [0.1, 0.15) is 16.7 Å². The molecule has 0 atom stereocenters. The lowest BCUT2D eigenvalue weighted by Gasteiger charge is -2.06. The highest BCUT2D eigenvalue weighted by molar-refractivity contribution is 6.01.